The maximum atomic E-state index is 5.52. The maximum absolute atomic E-state index is 5.52. The van der Waals surface area contributed by atoms with Gasteiger partial charge in [0.05, 0.1) is 12.3 Å². The Morgan fingerprint density at radius 3 is 3.06 bits per heavy atom. The summed E-state index contributed by atoms with van der Waals surface area (Å²) in [6.07, 6.45) is 5.22. The molecule has 3 rings (SSSR count). The molecule has 1 aliphatic carbocycles. The zero-order chi connectivity index (χ0) is 12.5. The predicted octanol–water partition coefficient (Wildman–Crippen LogP) is 4.84. The van der Waals surface area contributed by atoms with Crippen molar-refractivity contribution in [1.82, 2.24) is 0 Å². The second kappa shape index (κ2) is 4.81. The number of furan rings is 1. The molecule has 0 saturated carbocycles. The molecule has 1 heterocycles. The molecule has 1 aromatic heterocycles. The van der Waals surface area contributed by atoms with Crippen molar-refractivity contribution in [3.8, 4) is 0 Å². The maximum Gasteiger partial charge on any atom is 0.109 e. The van der Waals surface area contributed by atoms with E-state index in [9.17, 15) is 0 Å². The van der Waals surface area contributed by atoms with Gasteiger partial charge in [0.25, 0.3) is 0 Å². The van der Waals surface area contributed by atoms with Gasteiger partial charge in [-0.05, 0) is 43.5 Å². The van der Waals surface area contributed by atoms with Crippen LogP contribution >= 0.6 is 15.9 Å². The van der Waals surface area contributed by atoms with Gasteiger partial charge in [-0.25, -0.2) is 0 Å². The molecule has 1 aromatic carbocycles. The SMILES string of the molecule is Cc1ccc(NC2CCCc3occc32)cc1Br. The van der Waals surface area contributed by atoms with E-state index in [1.807, 2.05) is 0 Å². The van der Waals surface area contributed by atoms with Gasteiger partial charge in [-0.3, -0.25) is 0 Å². The van der Waals surface area contributed by atoms with Gasteiger partial charge < -0.3 is 9.73 Å². The first-order valence-corrected chi connectivity index (χ1v) is 7.12. The van der Waals surface area contributed by atoms with Crippen LogP contribution in [0.25, 0.3) is 0 Å². The molecule has 0 amide bonds. The van der Waals surface area contributed by atoms with E-state index >= 15 is 0 Å². The molecule has 1 aliphatic rings. The Bertz CT molecular complexity index is 561. The van der Waals surface area contributed by atoms with Crippen molar-refractivity contribution >= 4 is 21.6 Å². The third-order valence-corrected chi connectivity index (χ3v) is 4.42. The minimum absolute atomic E-state index is 0.377. The lowest BCUT2D eigenvalue weighted by Crippen LogP contribution is -2.15. The molecule has 0 bridgehead atoms. The van der Waals surface area contributed by atoms with Crippen molar-refractivity contribution in [2.24, 2.45) is 0 Å². The summed E-state index contributed by atoms with van der Waals surface area (Å²) in [4.78, 5) is 0. The van der Waals surface area contributed by atoms with Crippen LogP contribution in [-0.4, -0.2) is 0 Å². The Morgan fingerprint density at radius 1 is 1.33 bits per heavy atom. The summed E-state index contributed by atoms with van der Waals surface area (Å²) in [7, 11) is 0. The zero-order valence-electron chi connectivity index (χ0n) is 10.4. The van der Waals surface area contributed by atoms with Gasteiger partial charge in [-0.1, -0.05) is 22.0 Å². The van der Waals surface area contributed by atoms with Gasteiger partial charge in [-0.15, -0.1) is 0 Å². The normalized spacial score (nSPS) is 18.4. The summed E-state index contributed by atoms with van der Waals surface area (Å²) < 4.78 is 6.67. The van der Waals surface area contributed by atoms with Crippen LogP contribution < -0.4 is 5.32 Å². The van der Waals surface area contributed by atoms with Crippen molar-refractivity contribution in [2.45, 2.75) is 32.2 Å². The van der Waals surface area contributed by atoms with E-state index in [-0.39, 0.29) is 0 Å². The highest BCUT2D eigenvalue weighted by molar-refractivity contribution is 9.10. The first-order chi connectivity index (χ1) is 8.74. The topological polar surface area (TPSA) is 25.2 Å². The lowest BCUT2D eigenvalue weighted by Gasteiger charge is -2.24. The van der Waals surface area contributed by atoms with E-state index in [0.29, 0.717) is 6.04 Å². The Morgan fingerprint density at radius 2 is 2.22 bits per heavy atom. The molecule has 2 nitrogen and oxygen atoms in total. The van der Waals surface area contributed by atoms with Crippen molar-refractivity contribution in [3.63, 3.8) is 0 Å². The van der Waals surface area contributed by atoms with Gasteiger partial charge in [0.15, 0.2) is 0 Å². The van der Waals surface area contributed by atoms with Gasteiger partial charge in [0, 0.05) is 22.1 Å². The Balaban J connectivity index is 1.84. The molecule has 94 valence electrons. The van der Waals surface area contributed by atoms with E-state index in [4.69, 9.17) is 4.42 Å². The van der Waals surface area contributed by atoms with Gasteiger partial charge >= 0.3 is 0 Å². The van der Waals surface area contributed by atoms with E-state index in [0.717, 1.165) is 28.8 Å². The number of anilines is 1. The van der Waals surface area contributed by atoms with E-state index < -0.39 is 0 Å². The fraction of sp³-hybridized carbons (Fsp3) is 0.333. The summed E-state index contributed by atoms with van der Waals surface area (Å²) in [6.45, 7) is 2.10. The first-order valence-electron chi connectivity index (χ1n) is 6.33. The minimum atomic E-state index is 0.377. The van der Waals surface area contributed by atoms with Gasteiger partial charge in [0.1, 0.15) is 5.76 Å². The highest BCUT2D eigenvalue weighted by Crippen LogP contribution is 2.33. The largest absolute Gasteiger partial charge is 0.469 e. The Kier molecular flexibility index (Phi) is 3.16. The number of rotatable bonds is 2. The summed E-state index contributed by atoms with van der Waals surface area (Å²) in [6, 6.07) is 8.88. The third kappa shape index (κ3) is 2.19. The lowest BCUT2D eigenvalue weighted by molar-refractivity contribution is 0.461. The van der Waals surface area contributed by atoms with Gasteiger partial charge in [0.2, 0.25) is 0 Å². The van der Waals surface area contributed by atoms with Crippen LogP contribution in [0.15, 0.2) is 39.4 Å². The molecule has 0 aliphatic heterocycles. The lowest BCUT2D eigenvalue weighted by atomic mass is 9.93. The van der Waals surface area contributed by atoms with Crippen molar-refractivity contribution in [2.75, 3.05) is 5.32 Å². The highest BCUT2D eigenvalue weighted by Gasteiger charge is 2.22. The van der Waals surface area contributed by atoms with Crippen molar-refractivity contribution in [3.05, 3.63) is 51.9 Å². The minimum Gasteiger partial charge on any atom is -0.469 e. The summed E-state index contributed by atoms with van der Waals surface area (Å²) in [5.74, 6) is 1.14. The molecule has 1 unspecified atom stereocenters. The van der Waals surface area contributed by atoms with Crippen LogP contribution in [0.4, 0.5) is 5.69 Å². The van der Waals surface area contributed by atoms with Crippen LogP contribution in [0.2, 0.25) is 0 Å². The van der Waals surface area contributed by atoms with Crippen LogP contribution in [0.1, 0.15) is 35.8 Å². The quantitative estimate of drug-likeness (QED) is 0.859. The fourth-order valence-corrected chi connectivity index (χ4v) is 2.90. The van der Waals surface area contributed by atoms with Crippen LogP contribution in [0.3, 0.4) is 0 Å². The predicted molar refractivity (Wildman–Crippen MR) is 76.9 cm³/mol. The van der Waals surface area contributed by atoms with Crippen molar-refractivity contribution < 1.29 is 4.42 Å². The summed E-state index contributed by atoms with van der Waals surface area (Å²) in [5, 5.41) is 3.60. The summed E-state index contributed by atoms with van der Waals surface area (Å²) >= 11 is 3.58. The molecule has 0 spiro atoms. The molecule has 1 atom stereocenters. The molecule has 2 aromatic rings. The molecule has 0 fully saturated rings. The van der Waals surface area contributed by atoms with E-state index in [1.54, 1.807) is 6.26 Å². The number of hydrogen-bond acceptors (Lipinski definition) is 2. The second-order valence-corrected chi connectivity index (χ2v) is 5.71. The molecule has 1 N–H and O–H groups in total. The number of benzene rings is 1. The van der Waals surface area contributed by atoms with E-state index in [1.165, 1.54) is 17.5 Å². The average molecular weight is 306 g/mol. The highest BCUT2D eigenvalue weighted by atomic mass is 79.9. The van der Waals surface area contributed by atoms with Crippen LogP contribution in [0.5, 0.6) is 0 Å². The van der Waals surface area contributed by atoms with Crippen LogP contribution in [-0.2, 0) is 6.42 Å². The van der Waals surface area contributed by atoms with Crippen LogP contribution in [0, 0.1) is 6.92 Å². The molecule has 0 saturated heterocycles. The number of aryl methyl sites for hydroxylation is 2. The average Bonchev–Trinajstić information content (AvgIpc) is 2.83. The number of halogens is 1. The smallest absolute Gasteiger partial charge is 0.109 e. The standard InChI is InChI=1S/C15H16BrNO/c1-10-5-6-11(9-13(10)16)17-14-3-2-4-15-12(14)7-8-18-15/h5-9,14,17H,2-4H2,1H3. The number of hydrogen-bond donors (Lipinski definition) is 1. The Hall–Kier alpha value is -1.22. The van der Waals surface area contributed by atoms with Gasteiger partial charge in [-0.2, -0.15) is 0 Å². The first kappa shape index (κ1) is 11.8. The fourth-order valence-electron chi connectivity index (χ4n) is 2.52. The molecule has 3 heteroatoms. The van der Waals surface area contributed by atoms with E-state index in [2.05, 4.69) is 52.4 Å². The second-order valence-electron chi connectivity index (χ2n) is 4.85. The van der Waals surface area contributed by atoms with Crippen molar-refractivity contribution in [1.29, 1.82) is 0 Å². The monoisotopic (exact) mass is 305 g/mol. The Labute approximate surface area is 116 Å². The molecular weight excluding hydrogens is 290 g/mol. The third-order valence-electron chi connectivity index (χ3n) is 3.56. The summed E-state index contributed by atoms with van der Waals surface area (Å²) in [5.41, 5.74) is 3.73. The molecular formula is C15H16BrNO. The number of fused-ring (bicyclic) bond motifs is 1. The number of nitrogens with one attached hydrogen (secondary N) is 1. The molecule has 0 radical (unpaired) electrons. The molecule has 18 heavy (non-hydrogen) atoms. The zero-order valence-corrected chi connectivity index (χ0v) is 12.0.